The molecule has 4 rings (SSSR count). The molecule has 3 aromatic rings. The summed E-state index contributed by atoms with van der Waals surface area (Å²) in [6.45, 7) is 8.60. The second-order valence-corrected chi connectivity index (χ2v) is 12.1. The third-order valence-corrected chi connectivity index (χ3v) is 8.15. The van der Waals surface area contributed by atoms with E-state index < -0.39 is 10.0 Å². The van der Waals surface area contributed by atoms with E-state index in [9.17, 15) is 13.2 Å². The summed E-state index contributed by atoms with van der Waals surface area (Å²) in [4.78, 5) is 17.1. The highest BCUT2D eigenvalue weighted by Crippen LogP contribution is 2.30. The van der Waals surface area contributed by atoms with Crippen LogP contribution in [0.25, 0.3) is 0 Å². The second-order valence-electron chi connectivity index (χ2n) is 9.23. The highest BCUT2D eigenvalue weighted by Gasteiger charge is 2.32. The van der Waals surface area contributed by atoms with Crippen molar-refractivity contribution >= 4 is 32.4 Å². The Balaban J connectivity index is 1.54. The summed E-state index contributed by atoms with van der Waals surface area (Å²) in [5.41, 5.74) is 1.44. The number of ether oxygens (including phenoxy) is 3. The van der Waals surface area contributed by atoms with Crippen LogP contribution in [0, 0.1) is 0 Å². The first-order chi connectivity index (χ1) is 18.1. The van der Waals surface area contributed by atoms with Gasteiger partial charge in [-0.25, -0.2) is 13.4 Å². The van der Waals surface area contributed by atoms with Crippen LogP contribution in [0.15, 0.2) is 70.6 Å². The molecule has 1 aliphatic rings. The molecule has 1 aliphatic heterocycles. The predicted molar refractivity (Wildman–Crippen MR) is 147 cm³/mol. The second kappa shape index (κ2) is 12.1. The van der Waals surface area contributed by atoms with Gasteiger partial charge in [0.05, 0.1) is 17.1 Å². The Labute approximate surface area is 227 Å². The van der Waals surface area contributed by atoms with Gasteiger partial charge < -0.3 is 14.2 Å². The van der Waals surface area contributed by atoms with Crippen molar-refractivity contribution in [3.63, 3.8) is 0 Å². The number of hydrogen-bond donors (Lipinski definition) is 1. The average Bonchev–Trinajstić information content (AvgIpc) is 3.36. The minimum atomic E-state index is -3.67. The van der Waals surface area contributed by atoms with Gasteiger partial charge in [0.25, 0.3) is 5.91 Å². The van der Waals surface area contributed by atoms with E-state index in [-0.39, 0.29) is 23.0 Å². The van der Waals surface area contributed by atoms with Crippen molar-refractivity contribution in [2.45, 2.75) is 44.8 Å². The molecular weight excluding hydrogens is 526 g/mol. The fourth-order valence-corrected chi connectivity index (χ4v) is 6.01. The number of sulfonamides is 1. The van der Waals surface area contributed by atoms with Gasteiger partial charge in [-0.1, -0.05) is 5.57 Å². The van der Waals surface area contributed by atoms with Crippen LogP contribution in [0.2, 0.25) is 0 Å². The van der Waals surface area contributed by atoms with Crippen molar-refractivity contribution < 1.29 is 27.4 Å². The quantitative estimate of drug-likeness (QED) is 0.354. The number of allylic oxidation sites excluding steroid dienone is 1. The largest absolute Gasteiger partial charge is 0.489 e. The fraction of sp³-hybridized carbons (Fsp3) is 0.333. The molecular formula is C27H31N3O6S2. The van der Waals surface area contributed by atoms with Crippen LogP contribution < -0.4 is 14.8 Å². The molecule has 0 saturated carbocycles. The Morgan fingerprint density at radius 1 is 1.11 bits per heavy atom. The van der Waals surface area contributed by atoms with Gasteiger partial charge >= 0.3 is 0 Å². The average molecular weight is 558 g/mol. The summed E-state index contributed by atoms with van der Waals surface area (Å²) in [7, 11) is -3.67. The zero-order chi connectivity index (χ0) is 27.3. The third-order valence-electron chi connectivity index (χ3n) is 5.62. The smallest absolute Gasteiger partial charge is 0.257 e. The van der Waals surface area contributed by atoms with E-state index in [4.69, 9.17) is 14.2 Å². The molecule has 2 atom stereocenters. The molecule has 0 aliphatic carbocycles. The van der Waals surface area contributed by atoms with E-state index in [1.54, 1.807) is 41.9 Å². The first-order valence-electron chi connectivity index (χ1n) is 12.2. The number of thiazole rings is 1. The standard InChI is InChI=1S/C27H31N3O6S2/c1-18(2)9-11-34-23-13-21(26(31)29-27-28-10-12-37-27)14-24(15-23)36-22-5-7-25(8-6-22)38(32,33)30-16-19(3)35-20(4)17-30/h5-10,12-15,19-20H,11,16-17H2,1-4H3,(H,28,29,31)/t19-,20+. The predicted octanol–water partition coefficient (Wildman–Crippen LogP) is 5.33. The van der Waals surface area contributed by atoms with E-state index in [0.29, 0.717) is 47.6 Å². The molecule has 9 nitrogen and oxygen atoms in total. The first-order valence-corrected chi connectivity index (χ1v) is 14.5. The number of carbonyl (C=O) groups excluding carboxylic acids is 1. The van der Waals surface area contributed by atoms with E-state index in [1.807, 2.05) is 33.8 Å². The van der Waals surface area contributed by atoms with E-state index in [1.165, 1.54) is 27.8 Å². The van der Waals surface area contributed by atoms with Crippen molar-refractivity contribution in [1.29, 1.82) is 0 Å². The highest BCUT2D eigenvalue weighted by molar-refractivity contribution is 7.89. The van der Waals surface area contributed by atoms with Gasteiger partial charge in [-0.2, -0.15) is 4.31 Å². The molecule has 0 spiro atoms. The van der Waals surface area contributed by atoms with Gasteiger partial charge in [0.1, 0.15) is 23.9 Å². The Bertz CT molecular complexity index is 1370. The molecule has 11 heteroatoms. The van der Waals surface area contributed by atoms with Crippen molar-refractivity contribution in [3.05, 3.63) is 71.3 Å². The molecule has 1 amide bonds. The molecule has 2 heterocycles. The SMILES string of the molecule is CC(C)=CCOc1cc(Oc2ccc(S(=O)(=O)N3C[C@@H](C)O[C@@H](C)C3)cc2)cc(C(=O)Nc2nccs2)c1. The Morgan fingerprint density at radius 3 is 2.42 bits per heavy atom. The fourth-order valence-electron chi connectivity index (χ4n) is 3.90. The van der Waals surface area contributed by atoms with Crippen LogP contribution in [0.3, 0.4) is 0 Å². The zero-order valence-electron chi connectivity index (χ0n) is 21.7. The number of nitrogens with zero attached hydrogens (tertiary/aromatic N) is 2. The van der Waals surface area contributed by atoms with Gasteiger partial charge in [-0.05, 0) is 70.2 Å². The Hall–Kier alpha value is -3.25. The van der Waals surface area contributed by atoms with Crippen molar-refractivity contribution in [3.8, 4) is 17.2 Å². The van der Waals surface area contributed by atoms with E-state index in [0.717, 1.165) is 5.57 Å². The lowest BCUT2D eigenvalue weighted by Crippen LogP contribution is -2.48. The van der Waals surface area contributed by atoms with Crippen LogP contribution in [0.1, 0.15) is 38.1 Å². The summed E-state index contributed by atoms with van der Waals surface area (Å²) in [5, 5.41) is 5.01. The summed E-state index contributed by atoms with van der Waals surface area (Å²) in [5.74, 6) is 0.891. The van der Waals surface area contributed by atoms with Crippen LogP contribution >= 0.6 is 11.3 Å². The van der Waals surface area contributed by atoms with Crippen molar-refractivity contribution in [1.82, 2.24) is 9.29 Å². The number of carbonyl (C=O) groups is 1. The van der Waals surface area contributed by atoms with Gasteiger partial charge in [0.2, 0.25) is 10.0 Å². The summed E-state index contributed by atoms with van der Waals surface area (Å²) in [6.07, 6.45) is 3.18. The maximum absolute atomic E-state index is 13.2. The third kappa shape index (κ3) is 7.19. The molecule has 2 aromatic carbocycles. The molecule has 202 valence electrons. The topological polar surface area (TPSA) is 107 Å². The summed E-state index contributed by atoms with van der Waals surface area (Å²) >= 11 is 1.31. The molecule has 0 bridgehead atoms. The van der Waals surface area contributed by atoms with Crippen molar-refractivity contribution in [2.24, 2.45) is 0 Å². The molecule has 1 aromatic heterocycles. The van der Waals surface area contributed by atoms with Gasteiger partial charge in [-0.3, -0.25) is 10.1 Å². The minimum absolute atomic E-state index is 0.175. The molecule has 1 N–H and O–H groups in total. The molecule has 0 radical (unpaired) electrons. The lowest BCUT2D eigenvalue weighted by Gasteiger charge is -2.34. The van der Waals surface area contributed by atoms with Gasteiger partial charge in [0, 0.05) is 36.3 Å². The molecule has 1 saturated heterocycles. The number of hydrogen-bond acceptors (Lipinski definition) is 8. The molecule has 1 fully saturated rings. The number of aromatic nitrogens is 1. The van der Waals surface area contributed by atoms with Crippen molar-refractivity contribution in [2.75, 3.05) is 25.0 Å². The number of amides is 1. The van der Waals surface area contributed by atoms with Gasteiger partial charge in [0.15, 0.2) is 5.13 Å². The first kappa shape index (κ1) is 27.8. The number of morpholine rings is 1. The normalized spacial score (nSPS) is 18.0. The Morgan fingerprint density at radius 2 is 1.79 bits per heavy atom. The van der Waals surface area contributed by atoms with Crippen LogP contribution in [0.5, 0.6) is 17.2 Å². The lowest BCUT2D eigenvalue weighted by molar-refractivity contribution is -0.0440. The number of rotatable bonds is 9. The maximum atomic E-state index is 13.2. The Kier molecular flexibility index (Phi) is 8.83. The highest BCUT2D eigenvalue weighted by atomic mass is 32.2. The van der Waals surface area contributed by atoms with E-state index in [2.05, 4.69) is 10.3 Å². The molecule has 38 heavy (non-hydrogen) atoms. The monoisotopic (exact) mass is 557 g/mol. The number of benzene rings is 2. The summed E-state index contributed by atoms with van der Waals surface area (Å²) in [6, 6.07) is 11.1. The number of anilines is 1. The minimum Gasteiger partial charge on any atom is -0.489 e. The van der Waals surface area contributed by atoms with Crippen LogP contribution in [-0.4, -0.2) is 55.5 Å². The van der Waals surface area contributed by atoms with Gasteiger partial charge in [-0.15, -0.1) is 11.3 Å². The zero-order valence-corrected chi connectivity index (χ0v) is 23.3. The summed E-state index contributed by atoms with van der Waals surface area (Å²) < 4.78 is 45.2. The van der Waals surface area contributed by atoms with Crippen LogP contribution in [0.4, 0.5) is 5.13 Å². The van der Waals surface area contributed by atoms with E-state index >= 15 is 0 Å². The lowest BCUT2D eigenvalue weighted by atomic mass is 10.2. The number of nitrogens with one attached hydrogen (secondary N) is 1. The maximum Gasteiger partial charge on any atom is 0.257 e. The molecule has 0 unspecified atom stereocenters. The van der Waals surface area contributed by atoms with Crippen LogP contribution in [-0.2, 0) is 14.8 Å².